The zero-order valence-electron chi connectivity index (χ0n) is 11.7. The molecular formula is C14H17N3O2S. The van der Waals surface area contributed by atoms with Gasteiger partial charge in [0.2, 0.25) is 5.91 Å². The number of hydrogen-bond donors (Lipinski definition) is 1. The number of amides is 1. The van der Waals surface area contributed by atoms with Crippen molar-refractivity contribution in [2.75, 3.05) is 0 Å². The first kappa shape index (κ1) is 14.5. The van der Waals surface area contributed by atoms with E-state index in [1.165, 1.54) is 15.6 Å². The molecule has 0 spiro atoms. The molecular weight excluding hydrogens is 274 g/mol. The fourth-order valence-electron chi connectivity index (χ4n) is 1.77. The number of nitrogens with one attached hydrogen (secondary N) is 1. The lowest BCUT2D eigenvalue weighted by Gasteiger charge is -2.09. The van der Waals surface area contributed by atoms with Crippen molar-refractivity contribution in [2.24, 2.45) is 0 Å². The average Bonchev–Trinajstić information content (AvgIpc) is 2.77. The number of carbonyl (C=O) groups excluding carboxylic acids is 1. The maximum absolute atomic E-state index is 11.8. The average molecular weight is 291 g/mol. The molecule has 1 N–H and O–H groups in total. The van der Waals surface area contributed by atoms with Crippen molar-refractivity contribution >= 4 is 17.2 Å². The predicted octanol–water partition coefficient (Wildman–Crippen LogP) is 1.80. The quantitative estimate of drug-likeness (QED) is 0.934. The Morgan fingerprint density at radius 3 is 2.70 bits per heavy atom. The topological polar surface area (TPSA) is 64.0 Å². The van der Waals surface area contributed by atoms with Crippen LogP contribution in [0.3, 0.4) is 0 Å². The van der Waals surface area contributed by atoms with E-state index < -0.39 is 0 Å². The molecule has 0 fully saturated rings. The number of hydrogen-bond acceptors (Lipinski definition) is 4. The summed E-state index contributed by atoms with van der Waals surface area (Å²) in [5, 5.41) is 7.00. The highest BCUT2D eigenvalue weighted by molar-refractivity contribution is 7.15. The Balaban J connectivity index is 2.25. The number of aryl methyl sites for hydroxylation is 1. The first-order chi connectivity index (χ1) is 9.45. The molecule has 5 nitrogen and oxygen atoms in total. The van der Waals surface area contributed by atoms with Gasteiger partial charge in [0.1, 0.15) is 12.2 Å². The summed E-state index contributed by atoms with van der Waals surface area (Å²) in [7, 11) is 0. The van der Waals surface area contributed by atoms with Crippen LogP contribution in [0.25, 0.3) is 10.6 Å². The Morgan fingerprint density at radius 2 is 2.10 bits per heavy atom. The van der Waals surface area contributed by atoms with Gasteiger partial charge in [0.05, 0.1) is 4.88 Å². The minimum Gasteiger partial charge on any atom is -0.352 e. The van der Waals surface area contributed by atoms with Gasteiger partial charge in [0, 0.05) is 17.0 Å². The first-order valence-corrected chi connectivity index (χ1v) is 7.21. The summed E-state index contributed by atoms with van der Waals surface area (Å²) in [4.78, 5) is 25.6. The molecule has 2 aromatic heterocycles. The molecule has 0 radical (unpaired) electrons. The molecule has 106 valence electrons. The summed E-state index contributed by atoms with van der Waals surface area (Å²) in [5.74, 6) is -0.214. The molecule has 0 bridgehead atoms. The minimum absolute atomic E-state index is 0.0429. The van der Waals surface area contributed by atoms with Crippen LogP contribution in [0.4, 0.5) is 0 Å². The number of thiophene rings is 1. The van der Waals surface area contributed by atoms with Crippen LogP contribution in [0.5, 0.6) is 0 Å². The van der Waals surface area contributed by atoms with Crippen molar-refractivity contribution in [3.8, 4) is 10.6 Å². The highest BCUT2D eigenvalue weighted by Gasteiger charge is 2.09. The van der Waals surface area contributed by atoms with Crippen LogP contribution in [0.1, 0.15) is 18.7 Å². The number of carbonyl (C=O) groups is 1. The Kier molecular flexibility index (Phi) is 4.34. The van der Waals surface area contributed by atoms with E-state index in [0.717, 1.165) is 4.88 Å². The zero-order chi connectivity index (χ0) is 14.7. The number of nitrogens with zero attached hydrogens (tertiary/aromatic N) is 2. The van der Waals surface area contributed by atoms with Gasteiger partial charge in [-0.2, -0.15) is 5.10 Å². The molecule has 0 saturated heterocycles. The van der Waals surface area contributed by atoms with Crippen LogP contribution >= 0.6 is 11.3 Å². The summed E-state index contributed by atoms with van der Waals surface area (Å²) in [6.45, 7) is 5.70. The first-order valence-electron chi connectivity index (χ1n) is 6.40. The zero-order valence-corrected chi connectivity index (χ0v) is 12.5. The predicted molar refractivity (Wildman–Crippen MR) is 79.8 cm³/mol. The smallest absolute Gasteiger partial charge is 0.267 e. The summed E-state index contributed by atoms with van der Waals surface area (Å²) < 4.78 is 1.20. The molecule has 0 atom stereocenters. The highest BCUT2D eigenvalue weighted by Crippen LogP contribution is 2.24. The molecule has 0 aliphatic rings. The van der Waals surface area contributed by atoms with Crippen molar-refractivity contribution in [1.29, 1.82) is 0 Å². The number of aromatic nitrogens is 2. The lowest BCUT2D eigenvalue weighted by Crippen LogP contribution is -2.36. The Hall–Kier alpha value is -1.95. The molecule has 0 aliphatic carbocycles. The molecule has 2 aromatic rings. The monoisotopic (exact) mass is 291 g/mol. The fraction of sp³-hybridized carbons (Fsp3) is 0.357. The van der Waals surface area contributed by atoms with E-state index in [4.69, 9.17) is 0 Å². The third-order valence-electron chi connectivity index (χ3n) is 2.60. The van der Waals surface area contributed by atoms with Crippen LogP contribution in [-0.4, -0.2) is 21.7 Å². The molecule has 2 heterocycles. The summed E-state index contributed by atoms with van der Waals surface area (Å²) in [6.07, 6.45) is 0. The SMILES string of the molecule is Cc1ccc(-c2ccc(=O)n(CC(=O)NC(C)C)n2)s1. The Bertz CT molecular complexity index is 673. The van der Waals surface area contributed by atoms with Crippen molar-refractivity contribution in [3.63, 3.8) is 0 Å². The van der Waals surface area contributed by atoms with E-state index in [-0.39, 0.29) is 24.1 Å². The van der Waals surface area contributed by atoms with Gasteiger partial charge >= 0.3 is 0 Å². The van der Waals surface area contributed by atoms with Crippen molar-refractivity contribution in [2.45, 2.75) is 33.4 Å². The highest BCUT2D eigenvalue weighted by atomic mass is 32.1. The van der Waals surface area contributed by atoms with E-state index in [1.54, 1.807) is 17.4 Å². The normalized spacial score (nSPS) is 10.8. The second-order valence-corrected chi connectivity index (χ2v) is 6.13. The largest absolute Gasteiger partial charge is 0.352 e. The van der Waals surface area contributed by atoms with Crippen LogP contribution in [0.15, 0.2) is 29.1 Å². The molecule has 0 saturated carbocycles. The van der Waals surface area contributed by atoms with Gasteiger partial charge < -0.3 is 5.32 Å². The Labute approximate surface area is 121 Å². The molecule has 0 aliphatic heterocycles. The summed E-state index contributed by atoms with van der Waals surface area (Å²) >= 11 is 1.61. The van der Waals surface area contributed by atoms with Crippen LogP contribution in [-0.2, 0) is 11.3 Å². The van der Waals surface area contributed by atoms with E-state index in [0.29, 0.717) is 5.69 Å². The maximum atomic E-state index is 11.8. The lowest BCUT2D eigenvalue weighted by molar-refractivity contribution is -0.122. The molecule has 0 unspecified atom stereocenters. The molecule has 1 amide bonds. The van der Waals surface area contributed by atoms with Crippen LogP contribution in [0.2, 0.25) is 0 Å². The van der Waals surface area contributed by atoms with Gasteiger partial charge in [0.25, 0.3) is 5.56 Å². The molecule has 20 heavy (non-hydrogen) atoms. The second-order valence-electron chi connectivity index (χ2n) is 4.85. The lowest BCUT2D eigenvalue weighted by atomic mass is 10.3. The van der Waals surface area contributed by atoms with Crippen molar-refractivity contribution in [1.82, 2.24) is 15.1 Å². The molecule has 6 heteroatoms. The summed E-state index contributed by atoms with van der Waals surface area (Å²) in [5.41, 5.74) is 0.431. The molecule has 0 aromatic carbocycles. The van der Waals surface area contributed by atoms with Gasteiger partial charge in [-0.1, -0.05) is 0 Å². The van der Waals surface area contributed by atoms with E-state index >= 15 is 0 Å². The minimum atomic E-state index is -0.277. The van der Waals surface area contributed by atoms with E-state index in [9.17, 15) is 9.59 Å². The third-order valence-corrected chi connectivity index (χ3v) is 3.63. The van der Waals surface area contributed by atoms with Gasteiger partial charge in [-0.25, -0.2) is 4.68 Å². The van der Waals surface area contributed by atoms with Gasteiger partial charge in [-0.15, -0.1) is 11.3 Å². The maximum Gasteiger partial charge on any atom is 0.267 e. The third kappa shape index (κ3) is 3.54. The van der Waals surface area contributed by atoms with Crippen molar-refractivity contribution in [3.05, 3.63) is 39.5 Å². The second kappa shape index (κ2) is 6.00. The molecule has 2 rings (SSSR count). The van der Waals surface area contributed by atoms with Crippen LogP contribution in [0, 0.1) is 6.92 Å². The van der Waals surface area contributed by atoms with Crippen LogP contribution < -0.4 is 10.9 Å². The standard InChI is InChI=1S/C14H17N3O2S/c1-9(2)15-13(18)8-17-14(19)7-5-11(16-17)12-6-4-10(3)20-12/h4-7,9H,8H2,1-3H3,(H,15,18). The fourth-order valence-corrected chi connectivity index (χ4v) is 2.60. The van der Waals surface area contributed by atoms with Crippen molar-refractivity contribution < 1.29 is 4.79 Å². The summed E-state index contributed by atoms with van der Waals surface area (Å²) in [6, 6.07) is 7.14. The van der Waals surface area contributed by atoms with E-state index in [2.05, 4.69) is 10.4 Å². The van der Waals surface area contributed by atoms with E-state index in [1.807, 2.05) is 32.9 Å². The van der Waals surface area contributed by atoms with Gasteiger partial charge in [-0.3, -0.25) is 9.59 Å². The van der Waals surface area contributed by atoms with Gasteiger partial charge in [0.15, 0.2) is 0 Å². The van der Waals surface area contributed by atoms with Gasteiger partial charge in [-0.05, 0) is 39.0 Å². The Morgan fingerprint density at radius 1 is 1.35 bits per heavy atom. The number of rotatable bonds is 4.